The van der Waals surface area contributed by atoms with Gasteiger partial charge >= 0.3 is 5.97 Å². The van der Waals surface area contributed by atoms with Gasteiger partial charge in [0.1, 0.15) is 6.04 Å². The fraction of sp³-hybridized carbons (Fsp3) is 0.276. The number of nitrogens with zero attached hydrogens (tertiary/aromatic N) is 1. The van der Waals surface area contributed by atoms with Crippen LogP contribution >= 0.6 is 0 Å². The summed E-state index contributed by atoms with van der Waals surface area (Å²) in [6, 6.07) is 29.1. The highest BCUT2D eigenvalue weighted by atomic mass is 16.5. The van der Waals surface area contributed by atoms with Crippen LogP contribution in [0.3, 0.4) is 0 Å². The van der Waals surface area contributed by atoms with E-state index in [1.165, 1.54) is 34.9 Å². The highest BCUT2D eigenvalue weighted by molar-refractivity contribution is 5.87. The Morgan fingerprint density at radius 2 is 1.58 bits per heavy atom. The molecule has 1 aromatic heterocycles. The summed E-state index contributed by atoms with van der Waals surface area (Å²) < 4.78 is 5.38. The molecular weight excluding hydrogens is 408 g/mol. The van der Waals surface area contributed by atoms with Crippen LogP contribution in [0.2, 0.25) is 0 Å². The zero-order valence-corrected chi connectivity index (χ0v) is 19.2. The number of carbonyl (C=O) groups is 1. The zero-order chi connectivity index (χ0) is 22.8. The molecule has 0 saturated carbocycles. The predicted molar refractivity (Wildman–Crippen MR) is 132 cm³/mol. The maximum Gasteiger partial charge on any atom is 0.323 e. The fourth-order valence-corrected chi connectivity index (χ4v) is 5.47. The van der Waals surface area contributed by atoms with E-state index < -0.39 is 0 Å². The molecule has 4 aromatic rings. The highest BCUT2D eigenvalue weighted by Gasteiger charge is 2.44. The summed E-state index contributed by atoms with van der Waals surface area (Å²) in [7, 11) is 1.50. The van der Waals surface area contributed by atoms with E-state index in [0.717, 1.165) is 18.4 Å². The Labute approximate surface area is 195 Å². The number of aromatic amines is 1. The van der Waals surface area contributed by atoms with Gasteiger partial charge in [0.25, 0.3) is 0 Å². The lowest BCUT2D eigenvalue weighted by molar-refractivity contribution is -0.150. The van der Waals surface area contributed by atoms with E-state index in [2.05, 4.69) is 89.6 Å². The van der Waals surface area contributed by atoms with Crippen molar-refractivity contribution < 1.29 is 9.53 Å². The number of carbonyl (C=O) groups excluding carboxylic acids is 1. The van der Waals surface area contributed by atoms with Gasteiger partial charge in [0.2, 0.25) is 0 Å². The highest BCUT2D eigenvalue weighted by Crippen LogP contribution is 2.46. The second kappa shape index (κ2) is 9.24. The average molecular weight is 439 g/mol. The third-order valence-electron chi connectivity index (χ3n) is 6.86. The number of nitrogens with one attached hydrogen (secondary N) is 1. The summed E-state index contributed by atoms with van der Waals surface area (Å²) in [6.07, 6.45) is 2.59. The van der Waals surface area contributed by atoms with Crippen LogP contribution in [0.1, 0.15) is 54.2 Å². The molecule has 0 bridgehead atoms. The first-order chi connectivity index (χ1) is 16.2. The van der Waals surface area contributed by atoms with E-state index in [1.54, 1.807) is 0 Å². The minimum atomic E-state index is -0.372. The predicted octanol–water partition coefficient (Wildman–Crippen LogP) is 6.20. The SMILES string of the molecule is CCC[C@H]1c2[nH]c3ccccc3c2C[C@H](C(=O)OC)N1C(c1ccccc1)c1ccccc1. The molecule has 5 rings (SSSR count). The number of rotatable bonds is 6. The Balaban J connectivity index is 1.74. The van der Waals surface area contributed by atoms with Crippen molar-refractivity contribution >= 4 is 16.9 Å². The summed E-state index contributed by atoms with van der Waals surface area (Å²) in [5, 5.41) is 1.21. The van der Waals surface area contributed by atoms with Crippen LogP contribution in [-0.4, -0.2) is 29.0 Å². The smallest absolute Gasteiger partial charge is 0.323 e. The van der Waals surface area contributed by atoms with Crippen LogP contribution < -0.4 is 0 Å². The lowest BCUT2D eigenvalue weighted by Crippen LogP contribution is -2.50. The summed E-state index contributed by atoms with van der Waals surface area (Å²) in [5.41, 5.74) is 5.97. The number of aromatic nitrogens is 1. The van der Waals surface area contributed by atoms with Gasteiger partial charge in [0, 0.05) is 23.0 Å². The maximum atomic E-state index is 13.3. The number of methoxy groups -OCH3 is 1. The lowest BCUT2D eigenvalue weighted by atomic mass is 9.85. The van der Waals surface area contributed by atoms with Crippen molar-refractivity contribution in [3.05, 3.63) is 107 Å². The van der Waals surface area contributed by atoms with Gasteiger partial charge < -0.3 is 9.72 Å². The van der Waals surface area contributed by atoms with Crippen LogP contribution in [0, 0.1) is 0 Å². The molecule has 33 heavy (non-hydrogen) atoms. The second-order valence-electron chi connectivity index (χ2n) is 8.78. The van der Waals surface area contributed by atoms with E-state index >= 15 is 0 Å². The molecule has 1 aliphatic heterocycles. The minimum absolute atomic E-state index is 0.0624. The van der Waals surface area contributed by atoms with Crippen molar-refractivity contribution in [1.29, 1.82) is 0 Å². The summed E-state index contributed by atoms with van der Waals surface area (Å²) in [5.74, 6) is -0.177. The molecule has 0 saturated heterocycles. The van der Waals surface area contributed by atoms with Gasteiger partial charge in [-0.3, -0.25) is 9.69 Å². The molecule has 1 N–H and O–H groups in total. The van der Waals surface area contributed by atoms with Gasteiger partial charge in [-0.1, -0.05) is 92.2 Å². The monoisotopic (exact) mass is 438 g/mol. The van der Waals surface area contributed by atoms with E-state index in [4.69, 9.17) is 4.74 Å². The molecule has 0 spiro atoms. The van der Waals surface area contributed by atoms with Crippen molar-refractivity contribution in [2.24, 2.45) is 0 Å². The number of esters is 1. The van der Waals surface area contributed by atoms with Crippen LogP contribution in [0.25, 0.3) is 10.9 Å². The standard InChI is InChI=1S/C29H30N2O2/c1-3-12-25-27-23(22-17-10-11-18-24(22)30-27)19-26(29(32)33-2)31(25)28(20-13-6-4-7-14-20)21-15-8-5-9-16-21/h4-11,13-18,25-26,28,30H,3,12,19H2,1-2H3/t25-,26+/m0/s1. The van der Waals surface area contributed by atoms with Gasteiger partial charge in [-0.2, -0.15) is 0 Å². The molecule has 3 aromatic carbocycles. The molecule has 0 radical (unpaired) electrons. The summed E-state index contributed by atoms with van der Waals surface area (Å²) in [4.78, 5) is 19.4. The largest absolute Gasteiger partial charge is 0.468 e. The van der Waals surface area contributed by atoms with Gasteiger partial charge in [0.05, 0.1) is 19.2 Å². The Morgan fingerprint density at radius 3 is 2.18 bits per heavy atom. The number of benzene rings is 3. The quantitative estimate of drug-likeness (QED) is 0.365. The summed E-state index contributed by atoms with van der Waals surface area (Å²) >= 11 is 0. The number of fused-ring (bicyclic) bond motifs is 3. The molecule has 2 atom stereocenters. The van der Waals surface area contributed by atoms with Crippen molar-refractivity contribution in [2.45, 2.75) is 44.3 Å². The third kappa shape index (κ3) is 3.85. The summed E-state index contributed by atoms with van der Waals surface area (Å²) in [6.45, 7) is 2.21. The number of hydrogen-bond acceptors (Lipinski definition) is 3. The second-order valence-corrected chi connectivity index (χ2v) is 8.78. The number of H-pyrrole nitrogens is 1. The van der Waals surface area contributed by atoms with Crippen molar-refractivity contribution in [3.8, 4) is 0 Å². The molecule has 1 aliphatic rings. The molecule has 0 aliphatic carbocycles. The van der Waals surface area contributed by atoms with Crippen molar-refractivity contribution in [1.82, 2.24) is 9.88 Å². The normalized spacial score (nSPS) is 18.4. The topological polar surface area (TPSA) is 45.3 Å². The fourth-order valence-electron chi connectivity index (χ4n) is 5.47. The molecule has 0 fully saturated rings. The zero-order valence-electron chi connectivity index (χ0n) is 19.2. The molecule has 2 heterocycles. The molecule has 0 amide bonds. The number of ether oxygens (including phenoxy) is 1. The molecule has 168 valence electrons. The van der Waals surface area contributed by atoms with E-state index in [-0.39, 0.29) is 24.1 Å². The Morgan fingerprint density at radius 1 is 0.970 bits per heavy atom. The third-order valence-corrected chi connectivity index (χ3v) is 6.86. The number of para-hydroxylation sites is 1. The lowest BCUT2D eigenvalue weighted by Gasteiger charge is -2.45. The molecule has 0 unspecified atom stereocenters. The van der Waals surface area contributed by atoms with Crippen LogP contribution in [-0.2, 0) is 16.0 Å². The first-order valence-electron chi connectivity index (χ1n) is 11.8. The first-order valence-corrected chi connectivity index (χ1v) is 11.8. The van der Waals surface area contributed by atoms with Crippen LogP contribution in [0.4, 0.5) is 0 Å². The van der Waals surface area contributed by atoms with Gasteiger partial charge in [-0.05, 0) is 29.2 Å². The Kier molecular flexibility index (Phi) is 6.01. The Bertz CT molecular complexity index is 1190. The van der Waals surface area contributed by atoms with Gasteiger partial charge in [0.15, 0.2) is 0 Å². The molecular formula is C29H30N2O2. The average Bonchev–Trinajstić information content (AvgIpc) is 3.24. The van der Waals surface area contributed by atoms with Crippen LogP contribution in [0.15, 0.2) is 84.9 Å². The van der Waals surface area contributed by atoms with Gasteiger partial charge in [-0.15, -0.1) is 0 Å². The van der Waals surface area contributed by atoms with Crippen molar-refractivity contribution in [2.75, 3.05) is 7.11 Å². The van der Waals surface area contributed by atoms with Crippen LogP contribution in [0.5, 0.6) is 0 Å². The first kappa shape index (κ1) is 21.5. The maximum absolute atomic E-state index is 13.3. The van der Waals surface area contributed by atoms with Crippen molar-refractivity contribution in [3.63, 3.8) is 0 Å². The minimum Gasteiger partial charge on any atom is -0.468 e. The van der Waals surface area contributed by atoms with Gasteiger partial charge in [-0.25, -0.2) is 0 Å². The van der Waals surface area contributed by atoms with E-state index in [9.17, 15) is 4.79 Å². The Hall–Kier alpha value is -3.37. The van der Waals surface area contributed by atoms with E-state index in [0.29, 0.717) is 6.42 Å². The number of hydrogen-bond donors (Lipinski definition) is 1. The molecule has 4 nitrogen and oxygen atoms in total. The molecule has 4 heteroatoms. The van der Waals surface area contributed by atoms with E-state index in [1.807, 2.05) is 12.1 Å².